The Bertz CT molecular complexity index is 258. The molecule has 1 atom stereocenters. The molecule has 1 unspecified atom stereocenters. The number of hydrogen-bond donors (Lipinski definition) is 1. The van der Waals surface area contributed by atoms with E-state index in [4.69, 9.17) is 0 Å². The fourth-order valence-electron chi connectivity index (χ4n) is 2.70. The third kappa shape index (κ3) is 2.03. The van der Waals surface area contributed by atoms with Gasteiger partial charge in [0.1, 0.15) is 0 Å². The number of carbonyl (C=O) groups excluding carboxylic acids is 1. The number of amides is 1. The average molecular weight is 213 g/mol. The van der Waals surface area contributed by atoms with Crippen LogP contribution in [-0.4, -0.2) is 33.1 Å². The van der Waals surface area contributed by atoms with Gasteiger partial charge in [-0.1, -0.05) is 6.92 Å². The van der Waals surface area contributed by atoms with Crippen LogP contribution in [0.1, 0.15) is 53.9 Å². The molecule has 1 heterocycles. The zero-order valence-electron chi connectivity index (χ0n) is 10.5. The molecule has 0 saturated carbocycles. The standard InChI is InChI=1S/C12H23NO2/c1-6-10(15)13-11(2,3)8-7-9(14)12(13,4)5/h9,14H,6-8H2,1-5H3. The van der Waals surface area contributed by atoms with Gasteiger partial charge in [0, 0.05) is 12.0 Å². The summed E-state index contributed by atoms with van der Waals surface area (Å²) in [6, 6.07) is 0. The van der Waals surface area contributed by atoms with E-state index >= 15 is 0 Å². The van der Waals surface area contributed by atoms with Crippen molar-refractivity contribution >= 4 is 5.91 Å². The molecule has 1 aliphatic heterocycles. The predicted octanol–water partition coefficient (Wildman–Crippen LogP) is 1.94. The number of rotatable bonds is 1. The molecule has 0 aromatic carbocycles. The van der Waals surface area contributed by atoms with Crippen LogP contribution in [0, 0.1) is 0 Å². The average Bonchev–Trinajstić information content (AvgIpc) is 2.11. The van der Waals surface area contributed by atoms with E-state index in [0.29, 0.717) is 6.42 Å². The minimum atomic E-state index is -0.450. The number of likely N-dealkylation sites (tertiary alicyclic amines) is 1. The van der Waals surface area contributed by atoms with Crippen LogP contribution in [-0.2, 0) is 4.79 Å². The Morgan fingerprint density at radius 2 is 1.93 bits per heavy atom. The molecule has 15 heavy (non-hydrogen) atoms. The van der Waals surface area contributed by atoms with Crippen molar-refractivity contribution in [3.05, 3.63) is 0 Å². The first kappa shape index (κ1) is 12.5. The van der Waals surface area contributed by atoms with Gasteiger partial charge in [0.25, 0.3) is 0 Å². The van der Waals surface area contributed by atoms with Crippen LogP contribution in [0.15, 0.2) is 0 Å². The summed E-state index contributed by atoms with van der Waals surface area (Å²) >= 11 is 0. The van der Waals surface area contributed by atoms with Crippen molar-refractivity contribution in [2.24, 2.45) is 0 Å². The fraction of sp³-hybridized carbons (Fsp3) is 0.917. The summed E-state index contributed by atoms with van der Waals surface area (Å²) in [6.07, 6.45) is 1.72. The summed E-state index contributed by atoms with van der Waals surface area (Å²) in [5.41, 5.74) is -0.593. The van der Waals surface area contributed by atoms with Crippen LogP contribution < -0.4 is 0 Å². The van der Waals surface area contributed by atoms with E-state index in [9.17, 15) is 9.90 Å². The quantitative estimate of drug-likeness (QED) is 0.723. The van der Waals surface area contributed by atoms with E-state index in [1.54, 1.807) is 0 Å². The number of aliphatic hydroxyl groups excluding tert-OH is 1. The first-order valence-corrected chi connectivity index (χ1v) is 5.74. The second-order valence-electron chi connectivity index (χ2n) is 5.60. The molecule has 1 fully saturated rings. The van der Waals surface area contributed by atoms with Crippen molar-refractivity contribution in [3.8, 4) is 0 Å². The largest absolute Gasteiger partial charge is 0.391 e. The van der Waals surface area contributed by atoms with Crippen LogP contribution in [0.25, 0.3) is 0 Å². The molecule has 1 rings (SSSR count). The molecular formula is C12H23NO2. The Morgan fingerprint density at radius 3 is 2.40 bits per heavy atom. The van der Waals surface area contributed by atoms with Gasteiger partial charge < -0.3 is 10.0 Å². The molecule has 0 radical (unpaired) electrons. The first-order valence-electron chi connectivity index (χ1n) is 5.74. The van der Waals surface area contributed by atoms with Crippen molar-refractivity contribution in [1.29, 1.82) is 0 Å². The molecule has 1 N–H and O–H groups in total. The van der Waals surface area contributed by atoms with E-state index in [1.807, 2.05) is 25.7 Å². The number of nitrogens with zero attached hydrogens (tertiary/aromatic N) is 1. The summed E-state index contributed by atoms with van der Waals surface area (Å²) in [7, 11) is 0. The van der Waals surface area contributed by atoms with Crippen molar-refractivity contribution in [2.75, 3.05) is 0 Å². The van der Waals surface area contributed by atoms with Gasteiger partial charge in [0.15, 0.2) is 0 Å². The van der Waals surface area contributed by atoms with Gasteiger partial charge in [-0.15, -0.1) is 0 Å². The molecule has 1 saturated heterocycles. The van der Waals surface area contributed by atoms with Crippen molar-refractivity contribution < 1.29 is 9.90 Å². The molecule has 0 aromatic heterocycles. The van der Waals surface area contributed by atoms with E-state index in [-0.39, 0.29) is 11.4 Å². The van der Waals surface area contributed by atoms with Crippen molar-refractivity contribution in [1.82, 2.24) is 4.90 Å². The highest BCUT2D eigenvalue weighted by Crippen LogP contribution is 2.38. The third-order valence-electron chi connectivity index (χ3n) is 3.58. The lowest BCUT2D eigenvalue weighted by atomic mass is 9.77. The van der Waals surface area contributed by atoms with Crippen molar-refractivity contribution in [2.45, 2.75) is 71.1 Å². The highest BCUT2D eigenvalue weighted by atomic mass is 16.3. The molecule has 3 nitrogen and oxygen atoms in total. The zero-order valence-corrected chi connectivity index (χ0v) is 10.5. The summed E-state index contributed by atoms with van der Waals surface area (Å²) in [5.74, 6) is 0.128. The number of piperidine rings is 1. The Hall–Kier alpha value is -0.570. The fourth-order valence-corrected chi connectivity index (χ4v) is 2.70. The first-order chi connectivity index (χ1) is 6.73. The summed E-state index contributed by atoms with van der Waals surface area (Å²) < 4.78 is 0. The number of carbonyl (C=O) groups is 1. The van der Waals surface area contributed by atoms with Gasteiger partial charge >= 0.3 is 0 Å². The lowest BCUT2D eigenvalue weighted by Gasteiger charge is -2.55. The van der Waals surface area contributed by atoms with Crippen molar-refractivity contribution in [3.63, 3.8) is 0 Å². The zero-order chi connectivity index (χ0) is 11.9. The second-order valence-corrected chi connectivity index (χ2v) is 5.60. The normalized spacial score (nSPS) is 28.9. The lowest BCUT2D eigenvalue weighted by Crippen LogP contribution is -2.66. The maximum atomic E-state index is 12.0. The highest BCUT2D eigenvalue weighted by Gasteiger charge is 2.48. The van der Waals surface area contributed by atoms with Crippen LogP contribution in [0.4, 0.5) is 0 Å². The number of aliphatic hydroxyl groups is 1. The molecule has 0 aliphatic carbocycles. The molecule has 0 aromatic rings. The second kappa shape index (κ2) is 3.78. The number of hydrogen-bond acceptors (Lipinski definition) is 2. The summed E-state index contributed by atoms with van der Waals surface area (Å²) in [6.45, 7) is 9.93. The van der Waals surface area contributed by atoms with Gasteiger partial charge in [-0.3, -0.25) is 4.79 Å². The van der Waals surface area contributed by atoms with Gasteiger partial charge in [-0.2, -0.15) is 0 Å². The maximum Gasteiger partial charge on any atom is 0.223 e. The SMILES string of the molecule is CCC(=O)N1C(C)(C)CCC(O)C1(C)C. The van der Waals surface area contributed by atoms with Gasteiger partial charge in [0.2, 0.25) is 5.91 Å². The molecular weight excluding hydrogens is 190 g/mol. The van der Waals surface area contributed by atoms with E-state index in [2.05, 4.69) is 13.8 Å². The van der Waals surface area contributed by atoms with Crippen LogP contribution in [0.5, 0.6) is 0 Å². The van der Waals surface area contributed by atoms with Crippen LogP contribution in [0.3, 0.4) is 0 Å². The van der Waals surface area contributed by atoms with Crippen LogP contribution >= 0.6 is 0 Å². The molecule has 3 heteroatoms. The monoisotopic (exact) mass is 213 g/mol. The molecule has 1 aliphatic rings. The lowest BCUT2D eigenvalue weighted by molar-refractivity contribution is -0.160. The van der Waals surface area contributed by atoms with E-state index in [0.717, 1.165) is 12.8 Å². The Morgan fingerprint density at radius 1 is 1.40 bits per heavy atom. The van der Waals surface area contributed by atoms with Gasteiger partial charge in [0.05, 0.1) is 11.6 Å². The third-order valence-corrected chi connectivity index (χ3v) is 3.58. The highest BCUT2D eigenvalue weighted by molar-refractivity contribution is 5.77. The summed E-state index contributed by atoms with van der Waals surface area (Å²) in [5, 5.41) is 9.99. The maximum absolute atomic E-state index is 12.0. The molecule has 0 spiro atoms. The topological polar surface area (TPSA) is 40.5 Å². The Labute approximate surface area is 92.5 Å². The smallest absolute Gasteiger partial charge is 0.223 e. The van der Waals surface area contributed by atoms with E-state index < -0.39 is 11.6 Å². The Kier molecular flexibility index (Phi) is 3.15. The van der Waals surface area contributed by atoms with E-state index in [1.165, 1.54) is 0 Å². The Balaban J connectivity index is 3.06. The van der Waals surface area contributed by atoms with Crippen LogP contribution in [0.2, 0.25) is 0 Å². The molecule has 88 valence electrons. The van der Waals surface area contributed by atoms with Gasteiger partial charge in [-0.05, 0) is 40.5 Å². The predicted molar refractivity (Wildman–Crippen MR) is 60.5 cm³/mol. The molecule has 1 amide bonds. The minimum Gasteiger partial charge on any atom is -0.391 e. The minimum absolute atomic E-state index is 0.128. The summed E-state index contributed by atoms with van der Waals surface area (Å²) in [4.78, 5) is 13.8. The molecule has 0 bridgehead atoms. The van der Waals surface area contributed by atoms with Gasteiger partial charge in [-0.25, -0.2) is 0 Å².